The zero-order chi connectivity index (χ0) is 16.6. The number of rotatable bonds is 3. The molecule has 1 heterocycles. The molecule has 0 aliphatic rings. The summed E-state index contributed by atoms with van der Waals surface area (Å²) in [4.78, 5) is 19.2. The van der Waals surface area contributed by atoms with E-state index in [-0.39, 0.29) is 0 Å². The van der Waals surface area contributed by atoms with Crippen molar-refractivity contribution in [3.63, 3.8) is 0 Å². The molecule has 0 saturated heterocycles. The molecule has 0 aliphatic carbocycles. The number of aromatic amines is 1. The Morgan fingerprint density at radius 2 is 2.04 bits per heavy atom. The molecule has 118 valence electrons. The van der Waals surface area contributed by atoms with Crippen molar-refractivity contribution in [2.24, 2.45) is 0 Å². The number of esters is 1. The predicted molar refractivity (Wildman–Crippen MR) is 88.1 cm³/mol. The van der Waals surface area contributed by atoms with Crippen molar-refractivity contribution in [3.05, 3.63) is 53.9 Å². The summed E-state index contributed by atoms with van der Waals surface area (Å²) >= 11 is 0. The molecular formula is C18H18N2O3. The van der Waals surface area contributed by atoms with Gasteiger partial charge in [0.2, 0.25) is 0 Å². The van der Waals surface area contributed by atoms with E-state index in [2.05, 4.69) is 9.97 Å². The van der Waals surface area contributed by atoms with Gasteiger partial charge in [0.25, 0.3) is 0 Å². The lowest BCUT2D eigenvalue weighted by atomic mass is 9.88. The Bertz CT molecular complexity index is 875. The van der Waals surface area contributed by atoms with Crippen LogP contribution in [0.1, 0.15) is 29.8 Å². The monoisotopic (exact) mass is 310 g/mol. The van der Waals surface area contributed by atoms with Gasteiger partial charge in [-0.25, -0.2) is 9.78 Å². The van der Waals surface area contributed by atoms with Crippen LogP contribution < -0.4 is 0 Å². The van der Waals surface area contributed by atoms with Crippen molar-refractivity contribution in [2.75, 3.05) is 7.11 Å². The Balaban J connectivity index is 2.26. The van der Waals surface area contributed by atoms with Gasteiger partial charge in [-0.3, -0.25) is 0 Å². The molecule has 0 unspecified atom stereocenters. The van der Waals surface area contributed by atoms with E-state index in [4.69, 9.17) is 4.74 Å². The quantitative estimate of drug-likeness (QED) is 0.728. The number of nitrogens with zero attached hydrogens (tertiary/aromatic N) is 1. The number of methoxy groups -OCH3 is 1. The molecule has 0 aliphatic heterocycles. The topological polar surface area (TPSA) is 75.2 Å². The zero-order valence-corrected chi connectivity index (χ0v) is 13.3. The van der Waals surface area contributed by atoms with E-state index < -0.39 is 11.6 Å². The second-order valence-corrected chi connectivity index (χ2v) is 5.92. The largest absolute Gasteiger partial charge is 0.465 e. The Morgan fingerprint density at radius 3 is 2.74 bits per heavy atom. The maximum atomic E-state index is 11.8. The molecule has 0 amide bonds. The molecule has 0 atom stereocenters. The molecule has 3 rings (SSSR count). The Kier molecular flexibility index (Phi) is 3.66. The molecular weight excluding hydrogens is 292 g/mol. The Morgan fingerprint density at radius 1 is 1.26 bits per heavy atom. The number of aromatic nitrogens is 2. The molecule has 2 aromatic carbocycles. The van der Waals surface area contributed by atoms with Gasteiger partial charge >= 0.3 is 5.97 Å². The van der Waals surface area contributed by atoms with Gasteiger partial charge < -0.3 is 14.8 Å². The number of fused-ring (bicyclic) bond motifs is 1. The number of hydrogen-bond donors (Lipinski definition) is 2. The number of nitrogens with one attached hydrogen (secondary N) is 1. The number of hydrogen-bond acceptors (Lipinski definition) is 4. The van der Waals surface area contributed by atoms with Crippen LogP contribution in [0.5, 0.6) is 0 Å². The summed E-state index contributed by atoms with van der Waals surface area (Å²) in [7, 11) is 1.35. The first-order valence-corrected chi connectivity index (χ1v) is 7.29. The van der Waals surface area contributed by atoms with Gasteiger partial charge in [0.1, 0.15) is 0 Å². The number of imidazole rings is 1. The van der Waals surface area contributed by atoms with Crippen LogP contribution in [0.15, 0.2) is 42.7 Å². The number of carbonyl (C=O) groups excluding carboxylic acids is 1. The molecule has 1 aromatic heterocycles. The van der Waals surface area contributed by atoms with E-state index in [9.17, 15) is 9.90 Å². The molecule has 3 aromatic rings. The van der Waals surface area contributed by atoms with Crippen LogP contribution in [-0.4, -0.2) is 28.2 Å². The minimum Gasteiger partial charge on any atom is -0.465 e. The standard InChI is InChI=1S/C18H18N2O3/c1-18(2,22)15-13(7-8-14-16(15)20-10-19-14)11-5-4-6-12(9-11)17(21)23-3/h4-10,22H,1-3H3,(H,19,20). The van der Waals surface area contributed by atoms with Crippen LogP contribution in [0, 0.1) is 0 Å². The lowest BCUT2D eigenvalue weighted by molar-refractivity contribution is 0.0600. The Hall–Kier alpha value is -2.66. The minimum atomic E-state index is -1.08. The molecule has 0 spiro atoms. The fraction of sp³-hybridized carbons (Fsp3) is 0.222. The third kappa shape index (κ3) is 2.71. The minimum absolute atomic E-state index is 0.391. The Labute approximate surface area is 133 Å². The molecule has 0 bridgehead atoms. The lowest BCUT2D eigenvalue weighted by Crippen LogP contribution is -2.17. The third-order valence-electron chi connectivity index (χ3n) is 3.80. The van der Waals surface area contributed by atoms with Crippen LogP contribution in [0.3, 0.4) is 0 Å². The van der Waals surface area contributed by atoms with E-state index in [1.807, 2.05) is 18.2 Å². The summed E-state index contributed by atoms with van der Waals surface area (Å²) < 4.78 is 4.78. The van der Waals surface area contributed by atoms with Crippen molar-refractivity contribution >= 4 is 17.0 Å². The molecule has 5 nitrogen and oxygen atoms in total. The van der Waals surface area contributed by atoms with E-state index in [1.165, 1.54) is 7.11 Å². The first-order valence-electron chi connectivity index (χ1n) is 7.29. The summed E-state index contributed by atoms with van der Waals surface area (Å²) in [5.74, 6) is -0.391. The number of carbonyl (C=O) groups is 1. The highest BCUT2D eigenvalue weighted by atomic mass is 16.5. The number of ether oxygens (including phenoxy) is 1. The maximum Gasteiger partial charge on any atom is 0.337 e. The smallest absolute Gasteiger partial charge is 0.337 e. The average molecular weight is 310 g/mol. The maximum absolute atomic E-state index is 11.8. The normalized spacial score (nSPS) is 11.7. The first-order chi connectivity index (χ1) is 10.9. The SMILES string of the molecule is COC(=O)c1cccc(-c2ccc3[nH]cnc3c2C(C)(C)O)c1. The number of aliphatic hydroxyl groups is 1. The highest BCUT2D eigenvalue weighted by Crippen LogP contribution is 2.36. The number of benzene rings is 2. The van der Waals surface area contributed by atoms with Crippen LogP contribution in [0.2, 0.25) is 0 Å². The predicted octanol–water partition coefficient (Wildman–Crippen LogP) is 3.24. The summed E-state index contributed by atoms with van der Waals surface area (Å²) in [5, 5.41) is 10.6. The average Bonchev–Trinajstić information content (AvgIpc) is 3.00. The summed E-state index contributed by atoms with van der Waals surface area (Å²) in [6, 6.07) is 11.0. The fourth-order valence-electron chi connectivity index (χ4n) is 2.80. The van der Waals surface area contributed by atoms with Crippen molar-refractivity contribution in [3.8, 4) is 11.1 Å². The third-order valence-corrected chi connectivity index (χ3v) is 3.80. The molecule has 23 heavy (non-hydrogen) atoms. The van der Waals surface area contributed by atoms with E-state index >= 15 is 0 Å². The lowest BCUT2D eigenvalue weighted by Gasteiger charge is -2.22. The van der Waals surface area contributed by atoms with Crippen molar-refractivity contribution in [1.29, 1.82) is 0 Å². The van der Waals surface area contributed by atoms with Gasteiger partial charge in [0.15, 0.2) is 0 Å². The summed E-state index contributed by atoms with van der Waals surface area (Å²) in [6.45, 7) is 3.45. The summed E-state index contributed by atoms with van der Waals surface area (Å²) in [6.07, 6.45) is 1.61. The van der Waals surface area contributed by atoms with Gasteiger partial charge in [-0.15, -0.1) is 0 Å². The van der Waals surface area contributed by atoms with Crippen molar-refractivity contribution in [1.82, 2.24) is 9.97 Å². The fourth-order valence-corrected chi connectivity index (χ4v) is 2.80. The van der Waals surface area contributed by atoms with E-state index in [0.29, 0.717) is 5.56 Å². The van der Waals surface area contributed by atoms with Gasteiger partial charge in [-0.1, -0.05) is 18.2 Å². The van der Waals surface area contributed by atoms with Gasteiger partial charge in [-0.05, 0) is 43.2 Å². The van der Waals surface area contributed by atoms with Crippen LogP contribution in [0.4, 0.5) is 0 Å². The molecule has 0 saturated carbocycles. The first kappa shape index (κ1) is 15.2. The van der Waals surface area contributed by atoms with Gasteiger partial charge in [0, 0.05) is 5.56 Å². The highest BCUT2D eigenvalue weighted by molar-refractivity contribution is 5.93. The second-order valence-electron chi connectivity index (χ2n) is 5.92. The molecule has 0 radical (unpaired) electrons. The van der Waals surface area contributed by atoms with Crippen LogP contribution >= 0.6 is 0 Å². The van der Waals surface area contributed by atoms with Gasteiger partial charge in [-0.2, -0.15) is 0 Å². The molecule has 5 heteroatoms. The number of H-pyrrole nitrogens is 1. The van der Waals surface area contributed by atoms with Crippen LogP contribution in [0.25, 0.3) is 22.2 Å². The van der Waals surface area contributed by atoms with Crippen molar-refractivity contribution < 1.29 is 14.6 Å². The highest BCUT2D eigenvalue weighted by Gasteiger charge is 2.25. The zero-order valence-electron chi connectivity index (χ0n) is 13.3. The van der Waals surface area contributed by atoms with E-state index in [0.717, 1.165) is 27.7 Å². The molecule has 0 fully saturated rings. The second kappa shape index (κ2) is 5.52. The molecule has 2 N–H and O–H groups in total. The van der Waals surface area contributed by atoms with Crippen LogP contribution in [-0.2, 0) is 10.3 Å². The summed E-state index contributed by atoms with van der Waals surface area (Å²) in [5.41, 5.74) is 3.35. The van der Waals surface area contributed by atoms with E-state index in [1.54, 1.807) is 38.4 Å². The van der Waals surface area contributed by atoms with Crippen molar-refractivity contribution in [2.45, 2.75) is 19.4 Å². The van der Waals surface area contributed by atoms with Gasteiger partial charge in [0.05, 0.1) is 35.6 Å².